The first-order valence-electron chi connectivity index (χ1n) is 6.26. The molecule has 100 valence electrons. The van der Waals surface area contributed by atoms with Gasteiger partial charge in [0.2, 0.25) is 0 Å². The van der Waals surface area contributed by atoms with Gasteiger partial charge in [-0.25, -0.2) is 4.39 Å². The van der Waals surface area contributed by atoms with E-state index in [1.807, 2.05) is 18.2 Å². The molecule has 3 aromatic rings. The summed E-state index contributed by atoms with van der Waals surface area (Å²) in [5.41, 5.74) is 3.14. The van der Waals surface area contributed by atoms with Crippen molar-refractivity contribution >= 4 is 22.6 Å². The van der Waals surface area contributed by atoms with Gasteiger partial charge in [-0.15, -0.1) is 0 Å². The van der Waals surface area contributed by atoms with E-state index in [2.05, 4.69) is 41.6 Å². The average Bonchev–Trinajstić information content (AvgIpc) is 2.82. The third kappa shape index (κ3) is 2.63. The molecule has 0 fully saturated rings. The van der Waals surface area contributed by atoms with Crippen LogP contribution in [0.5, 0.6) is 0 Å². The number of aryl methyl sites for hydroxylation is 1. The van der Waals surface area contributed by atoms with Crippen molar-refractivity contribution in [3.05, 3.63) is 69.5 Å². The van der Waals surface area contributed by atoms with Crippen molar-refractivity contribution in [3.63, 3.8) is 0 Å². The number of hydrogen-bond donors (Lipinski definition) is 0. The van der Waals surface area contributed by atoms with Crippen LogP contribution in [0.25, 0.3) is 22.6 Å². The second-order valence-electron chi connectivity index (χ2n) is 4.66. The molecule has 1 aromatic heterocycles. The lowest BCUT2D eigenvalue weighted by Crippen LogP contribution is -1.78. The van der Waals surface area contributed by atoms with Crippen LogP contribution in [-0.4, -0.2) is 0 Å². The fourth-order valence-electron chi connectivity index (χ4n) is 2.03. The van der Waals surface area contributed by atoms with E-state index in [0.29, 0.717) is 0 Å². The molecule has 3 rings (SSSR count). The summed E-state index contributed by atoms with van der Waals surface area (Å²) >= 11 is 2.24. The molecule has 0 N–H and O–H groups in total. The summed E-state index contributed by atoms with van der Waals surface area (Å²) in [5.74, 6) is 1.36. The van der Waals surface area contributed by atoms with Crippen LogP contribution in [0.3, 0.4) is 0 Å². The third-order valence-corrected chi connectivity index (χ3v) is 3.93. The van der Waals surface area contributed by atoms with Gasteiger partial charge in [0.1, 0.15) is 17.3 Å². The van der Waals surface area contributed by atoms with Gasteiger partial charge in [0.05, 0.1) is 3.57 Å². The van der Waals surface area contributed by atoms with Crippen molar-refractivity contribution in [3.8, 4) is 22.6 Å². The average molecular weight is 378 g/mol. The highest BCUT2D eigenvalue weighted by atomic mass is 127. The molecule has 0 spiro atoms. The Morgan fingerprint density at radius 1 is 0.900 bits per heavy atom. The second kappa shape index (κ2) is 5.40. The Morgan fingerprint density at radius 3 is 2.15 bits per heavy atom. The second-order valence-corrected chi connectivity index (χ2v) is 5.82. The molecule has 0 saturated carbocycles. The molecule has 20 heavy (non-hydrogen) atoms. The summed E-state index contributed by atoms with van der Waals surface area (Å²) in [6, 6.07) is 16.6. The normalized spacial score (nSPS) is 10.8. The number of halogens is 2. The van der Waals surface area contributed by atoms with E-state index in [4.69, 9.17) is 4.42 Å². The van der Waals surface area contributed by atoms with Crippen LogP contribution in [0.2, 0.25) is 0 Å². The minimum Gasteiger partial charge on any atom is -0.455 e. The molecule has 1 nitrogen and oxygen atoms in total. The predicted octanol–water partition coefficient (Wildman–Crippen LogP) is 5.67. The summed E-state index contributed by atoms with van der Waals surface area (Å²) in [4.78, 5) is 0. The van der Waals surface area contributed by atoms with Gasteiger partial charge in [-0.1, -0.05) is 29.8 Å². The van der Waals surface area contributed by atoms with Gasteiger partial charge >= 0.3 is 0 Å². The van der Waals surface area contributed by atoms with Gasteiger partial charge in [0.25, 0.3) is 0 Å². The van der Waals surface area contributed by atoms with Crippen LogP contribution in [-0.2, 0) is 0 Å². The highest BCUT2D eigenvalue weighted by Gasteiger charge is 2.12. The van der Waals surface area contributed by atoms with Crippen LogP contribution < -0.4 is 0 Å². The molecule has 0 aliphatic carbocycles. The van der Waals surface area contributed by atoms with E-state index in [0.717, 1.165) is 26.2 Å². The lowest BCUT2D eigenvalue weighted by Gasteiger charge is -1.99. The monoisotopic (exact) mass is 378 g/mol. The van der Waals surface area contributed by atoms with Crippen molar-refractivity contribution in [2.45, 2.75) is 6.92 Å². The standard InChI is InChI=1S/C17H12FIO/c1-11-2-4-12(5-3-11)16-10-15(19)17(20-16)13-6-8-14(18)9-7-13/h2-10H,1H3. The smallest absolute Gasteiger partial charge is 0.148 e. The zero-order chi connectivity index (χ0) is 14.1. The van der Waals surface area contributed by atoms with Gasteiger partial charge < -0.3 is 4.42 Å². The number of furan rings is 1. The van der Waals surface area contributed by atoms with Gasteiger partial charge in [0, 0.05) is 11.1 Å². The van der Waals surface area contributed by atoms with Crippen molar-refractivity contribution in [2.75, 3.05) is 0 Å². The molecule has 0 saturated heterocycles. The molecule has 0 amide bonds. The molecule has 0 atom stereocenters. The van der Waals surface area contributed by atoms with Gasteiger partial charge in [-0.2, -0.15) is 0 Å². The topological polar surface area (TPSA) is 13.1 Å². The quantitative estimate of drug-likeness (QED) is 0.524. The van der Waals surface area contributed by atoms with Gasteiger partial charge in [0.15, 0.2) is 0 Å². The summed E-state index contributed by atoms with van der Waals surface area (Å²) in [5, 5.41) is 0. The Labute approximate surface area is 130 Å². The third-order valence-electron chi connectivity index (χ3n) is 3.13. The number of rotatable bonds is 2. The van der Waals surface area contributed by atoms with Crippen LogP contribution in [0.4, 0.5) is 4.39 Å². The maximum atomic E-state index is 13.0. The zero-order valence-corrected chi connectivity index (χ0v) is 13.0. The number of hydrogen-bond acceptors (Lipinski definition) is 1. The molecule has 0 bridgehead atoms. The van der Waals surface area contributed by atoms with Crippen molar-refractivity contribution < 1.29 is 8.81 Å². The largest absolute Gasteiger partial charge is 0.455 e. The molecular weight excluding hydrogens is 366 g/mol. The van der Waals surface area contributed by atoms with Crippen molar-refractivity contribution in [1.82, 2.24) is 0 Å². The Bertz CT molecular complexity index is 727. The Hall–Kier alpha value is -1.62. The first kappa shape index (κ1) is 13.4. The SMILES string of the molecule is Cc1ccc(-c2cc(I)c(-c3ccc(F)cc3)o2)cc1. The van der Waals surface area contributed by atoms with Crippen LogP contribution in [0, 0.1) is 16.3 Å². The van der Waals surface area contributed by atoms with E-state index < -0.39 is 0 Å². The van der Waals surface area contributed by atoms with Crippen molar-refractivity contribution in [1.29, 1.82) is 0 Å². The summed E-state index contributed by atoms with van der Waals surface area (Å²) < 4.78 is 19.9. The van der Waals surface area contributed by atoms with Gasteiger partial charge in [-0.05, 0) is 59.8 Å². The predicted molar refractivity (Wildman–Crippen MR) is 87.0 cm³/mol. The fourth-order valence-corrected chi connectivity index (χ4v) is 2.73. The van der Waals surface area contributed by atoms with E-state index in [9.17, 15) is 4.39 Å². The summed E-state index contributed by atoms with van der Waals surface area (Å²) in [6.07, 6.45) is 0. The summed E-state index contributed by atoms with van der Waals surface area (Å²) in [6.45, 7) is 2.06. The first-order chi connectivity index (χ1) is 9.63. The molecule has 0 aliphatic rings. The highest BCUT2D eigenvalue weighted by Crippen LogP contribution is 2.33. The molecule has 0 aliphatic heterocycles. The molecule has 3 heteroatoms. The van der Waals surface area contributed by atoms with Crippen LogP contribution in [0.15, 0.2) is 59.0 Å². The number of benzene rings is 2. The van der Waals surface area contributed by atoms with E-state index >= 15 is 0 Å². The van der Waals surface area contributed by atoms with Crippen LogP contribution >= 0.6 is 22.6 Å². The van der Waals surface area contributed by atoms with Crippen molar-refractivity contribution in [2.24, 2.45) is 0 Å². The Morgan fingerprint density at radius 2 is 1.50 bits per heavy atom. The lowest BCUT2D eigenvalue weighted by atomic mass is 10.1. The minimum atomic E-state index is -0.242. The van der Waals surface area contributed by atoms with E-state index in [1.54, 1.807) is 12.1 Å². The molecule has 0 radical (unpaired) electrons. The Kier molecular flexibility index (Phi) is 3.61. The lowest BCUT2D eigenvalue weighted by molar-refractivity contribution is 0.595. The fraction of sp³-hybridized carbons (Fsp3) is 0.0588. The van der Waals surface area contributed by atoms with Crippen LogP contribution in [0.1, 0.15) is 5.56 Å². The minimum absolute atomic E-state index is 0.242. The van der Waals surface area contributed by atoms with E-state index in [1.165, 1.54) is 17.7 Å². The van der Waals surface area contributed by atoms with Gasteiger partial charge in [-0.3, -0.25) is 0 Å². The molecule has 0 unspecified atom stereocenters. The zero-order valence-electron chi connectivity index (χ0n) is 10.9. The first-order valence-corrected chi connectivity index (χ1v) is 7.34. The Balaban J connectivity index is 2.02. The van der Waals surface area contributed by atoms with E-state index in [-0.39, 0.29) is 5.82 Å². The highest BCUT2D eigenvalue weighted by molar-refractivity contribution is 14.1. The molecule has 2 aromatic carbocycles. The summed E-state index contributed by atoms with van der Waals surface area (Å²) in [7, 11) is 0. The molecular formula is C17H12FIO. The maximum absolute atomic E-state index is 13.0. The molecule has 1 heterocycles. The maximum Gasteiger partial charge on any atom is 0.148 e.